The molecule has 1 aliphatic rings. The van der Waals surface area contributed by atoms with Crippen molar-refractivity contribution in [1.82, 2.24) is 14.8 Å². The van der Waals surface area contributed by atoms with Crippen LogP contribution in [0, 0.1) is 0 Å². The van der Waals surface area contributed by atoms with Crippen molar-refractivity contribution >= 4 is 23.4 Å². The van der Waals surface area contributed by atoms with E-state index in [0.717, 1.165) is 12.0 Å². The Morgan fingerprint density at radius 1 is 1.00 bits per heavy atom. The van der Waals surface area contributed by atoms with Crippen LogP contribution in [0.2, 0.25) is 5.02 Å². The van der Waals surface area contributed by atoms with E-state index in [1.165, 1.54) is 0 Å². The molecule has 1 aromatic heterocycles. The van der Waals surface area contributed by atoms with Crippen molar-refractivity contribution in [2.24, 2.45) is 0 Å². The predicted molar refractivity (Wildman–Crippen MR) is 93.0 cm³/mol. The van der Waals surface area contributed by atoms with Gasteiger partial charge in [-0.3, -0.25) is 9.59 Å². The van der Waals surface area contributed by atoms with Crippen molar-refractivity contribution in [3.8, 4) is 0 Å². The number of aromatic amines is 1. The first-order chi connectivity index (χ1) is 11.6. The van der Waals surface area contributed by atoms with Gasteiger partial charge in [-0.15, -0.1) is 0 Å². The van der Waals surface area contributed by atoms with Gasteiger partial charge in [0.1, 0.15) is 0 Å². The van der Waals surface area contributed by atoms with Gasteiger partial charge < -0.3 is 14.8 Å². The Bertz CT molecular complexity index is 698. The highest BCUT2D eigenvalue weighted by Gasteiger charge is 2.23. The maximum atomic E-state index is 12.5. The van der Waals surface area contributed by atoms with Crippen LogP contribution in [0.3, 0.4) is 0 Å². The molecule has 0 radical (unpaired) electrons. The quantitative estimate of drug-likeness (QED) is 0.929. The lowest BCUT2D eigenvalue weighted by atomic mass is 10.1. The third-order valence-electron chi connectivity index (χ3n) is 4.25. The summed E-state index contributed by atoms with van der Waals surface area (Å²) in [6.07, 6.45) is 4.61. The molecule has 0 unspecified atom stereocenters. The van der Waals surface area contributed by atoms with Gasteiger partial charge in [0.15, 0.2) is 0 Å². The number of halogens is 1. The maximum absolute atomic E-state index is 12.5. The Labute approximate surface area is 146 Å². The van der Waals surface area contributed by atoms with Crippen LogP contribution in [-0.2, 0) is 11.2 Å². The molecule has 6 heteroatoms. The Morgan fingerprint density at radius 3 is 2.42 bits per heavy atom. The van der Waals surface area contributed by atoms with Gasteiger partial charge in [0.2, 0.25) is 5.91 Å². The number of nitrogens with one attached hydrogen (secondary N) is 1. The minimum absolute atomic E-state index is 0.0169. The largest absolute Gasteiger partial charge is 0.367 e. The molecule has 2 aromatic rings. The van der Waals surface area contributed by atoms with E-state index < -0.39 is 0 Å². The van der Waals surface area contributed by atoms with E-state index in [1.807, 2.05) is 21.9 Å². The highest BCUT2D eigenvalue weighted by atomic mass is 35.5. The van der Waals surface area contributed by atoms with E-state index >= 15 is 0 Å². The van der Waals surface area contributed by atoms with Crippen molar-refractivity contribution in [3.05, 3.63) is 58.9 Å². The summed E-state index contributed by atoms with van der Waals surface area (Å²) in [5.74, 6) is 0.108. The standard InChI is InChI=1S/C18H20ClN3O2/c19-16-4-2-14(3-5-16)12-17(23)21-8-1-9-22(11-10-21)18(24)15-6-7-20-13-15/h2-7,13,20H,1,8-12H2. The molecule has 126 valence electrons. The lowest BCUT2D eigenvalue weighted by molar-refractivity contribution is -0.130. The number of benzene rings is 1. The fraction of sp³-hybridized carbons (Fsp3) is 0.333. The Kier molecular flexibility index (Phi) is 5.20. The monoisotopic (exact) mass is 345 g/mol. The van der Waals surface area contributed by atoms with E-state index in [9.17, 15) is 9.59 Å². The molecule has 2 heterocycles. The Hall–Kier alpha value is -2.27. The van der Waals surface area contributed by atoms with Crippen LogP contribution < -0.4 is 0 Å². The van der Waals surface area contributed by atoms with Gasteiger partial charge in [0.25, 0.3) is 5.91 Å². The number of carbonyl (C=O) groups excluding carboxylic acids is 2. The van der Waals surface area contributed by atoms with E-state index in [-0.39, 0.29) is 11.8 Å². The molecule has 0 bridgehead atoms. The van der Waals surface area contributed by atoms with Crippen molar-refractivity contribution in [1.29, 1.82) is 0 Å². The molecule has 0 saturated carbocycles. The van der Waals surface area contributed by atoms with E-state index in [2.05, 4.69) is 4.98 Å². The molecule has 0 atom stereocenters. The van der Waals surface area contributed by atoms with Gasteiger partial charge in [0, 0.05) is 43.6 Å². The predicted octanol–water partition coefficient (Wildman–Crippen LogP) is 2.59. The van der Waals surface area contributed by atoms with Crippen LogP contribution in [0.15, 0.2) is 42.7 Å². The molecule has 1 N–H and O–H groups in total. The van der Waals surface area contributed by atoms with Crippen LogP contribution in [-0.4, -0.2) is 52.8 Å². The van der Waals surface area contributed by atoms with Crippen LogP contribution in [0.4, 0.5) is 0 Å². The summed E-state index contributed by atoms with van der Waals surface area (Å²) < 4.78 is 0. The number of rotatable bonds is 3. The number of H-pyrrole nitrogens is 1. The van der Waals surface area contributed by atoms with Gasteiger partial charge in [-0.05, 0) is 30.2 Å². The fourth-order valence-corrected chi connectivity index (χ4v) is 3.02. The number of aromatic nitrogens is 1. The highest BCUT2D eigenvalue weighted by molar-refractivity contribution is 6.30. The van der Waals surface area contributed by atoms with Crippen LogP contribution >= 0.6 is 11.6 Å². The number of amides is 2. The first-order valence-electron chi connectivity index (χ1n) is 8.08. The number of nitrogens with zero attached hydrogens (tertiary/aromatic N) is 2. The summed E-state index contributed by atoms with van der Waals surface area (Å²) in [7, 11) is 0. The molecule has 0 spiro atoms. The molecule has 0 aliphatic carbocycles. The normalized spacial score (nSPS) is 15.2. The summed E-state index contributed by atoms with van der Waals surface area (Å²) in [5.41, 5.74) is 1.62. The smallest absolute Gasteiger partial charge is 0.255 e. The van der Waals surface area contributed by atoms with Gasteiger partial charge in [0.05, 0.1) is 12.0 Å². The molecule has 24 heavy (non-hydrogen) atoms. The second-order valence-corrected chi connectivity index (χ2v) is 6.37. The maximum Gasteiger partial charge on any atom is 0.255 e. The summed E-state index contributed by atoms with van der Waals surface area (Å²) in [5, 5.41) is 0.667. The van der Waals surface area contributed by atoms with Crippen LogP contribution in [0.25, 0.3) is 0 Å². The molecular weight excluding hydrogens is 326 g/mol. The Morgan fingerprint density at radius 2 is 1.71 bits per heavy atom. The van der Waals surface area contributed by atoms with Crippen molar-refractivity contribution < 1.29 is 9.59 Å². The molecular formula is C18H20ClN3O2. The highest BCUT2D eigenvalue weighted by Crippen LogP contribution is 2.13. The molecule has 1 aliphatic heterocycles. The number of carbonyl (C=O) groups is 2. The second-order valence-electron chi connectivity index (χ2n) is 5.93. The van der Waals surface area contributed by atoms with E-state index in [4.69, 9.17) is 11.6 Å². The SMILES string of the molecule is O=C(Cc1ccc(Cl)cc1)N1CCCN(C(=O)c2cc[nH]c2)CC1. The topological polar surface area (TPSA) is 56.4 Å². The van der Waals surface area contributed by atoms with Gasteiger partial charge in [-0.2, -0.15) is 0 Å². The third kappa shape index (κ3) is 3.97. The molecule has 1 aromatic carbocycles. The summed E-state index contributed by atoms with van der Waals surface area (Å²) in [6.45, 7) is 2.50. The van der Waals surface area contributed by atoms with Gasteiger partial charge in [-0.25, -0.2) is 0 Å². The first kappa shape index (κ1) is 16.6. The minimum Gasteiger partial charge on any atom is -0.367 e. The Balaban J connectivity index is 1.57. The first-order valence-corrected chi connectivity index (χ1v) is 8.45. The zero-order valence-electron chi connectivity index (χ0n) is 13.4. The molecule has 1 saturated heterocycles. The summed E-state index contributed by atoms with van der Waals surface area (Å²) >= 11 is 5.87. The van der Waals surface area contributed by atoms with Crippen molar-refractivity contribution in [2.45, 2.75) is 12.8 Å². The zero-order chi connectivity index (χ0) is 16.9. The minimum atomic E-state index is 0.0169. The van der Waals surface area contributed by atoms with Crippen molar-refractivity contribution in [3.63, 3.8) is 0 Å². The molecule has 5 nitrogen and oxygen atoms in total. The fourth-order valence-electron chi connectivity index (χ4n) is 2.90. The van der Waals surface area contributed by atoms with Crippen molar-refractivity contribution in [2.75, 3.05) is 26.2 Å². The zero-order valence-corrected chi connectivity index (χ0v) is 14.1. The lowest BCUT2D eigenvalue weighted by Crippen LogP contribution is -2.37. The number of hydrogen-bond acceptors (Lipinski definition) is 2. The van der Waals surface area contributed by atoms with E-state index in [1.54, 1.807) is 30.6 Å². The number of hydrogen-bond donors (Lipinski definition) is 1. The average Bonchev–Trinajstić information content (AvgIpc) is 3.00. The third-order valence-corrected chi connectivity index (χ3v) is 4.50. The molecule has 3 rings (SSSR count). The van der Waals surface area contributed by atoms with Gasteiger partial charge in [-0.1, -0.05) is 23.7 Å². The van der Waals surface area contributed by atoms with E-state index in [0.29, 0.717) is 43.2 Å². The molecule has 1 fully saturated rings. The van der Waals surface area contributed by atoms with Gasteiger partial charge >= 0.3 is 0 Å². The summed E-state index contributed by atoms with van der Waals surface area (Å²) in [4.78, 5) is 31.5. The molecule has 2 amide bonds. The van der Waals surface area contributed by atoms with Crippen LogP contribution in [0.5, 0.6) is 0 Å². The van der Waals surface area contributed by atoms with Crippen LogP contribution in [0.1, 0.15) is 22.3 Å². The second kappa shape index (κ2) is 7.53. The summed E-state index contributed by atoms with van der Waals surface area (Å²) in [6, 6.07) is 9.12. The lowest BCUT2D eigenvalue weighted by Gasteiger charge is -2.22. The average molecular weight is 346 g/mol.